The van der Waals surface area contributed by atoms with Crippen molar-refractivity contribution in [1.82, 2.24) is 0 Å². The average molecular weight is 317 g/mol. The van der Waals surface area contributed by atoms with Crippen LogP contribution >= 0.6 is 11.6 Å². The summed E-state index contributed by atoms with van der Waals surface area (Å²) >= 11 is 5.94. The van der Waals surface area contributed by atoms with Crippen LogP contribution in [0.4, 0.5) is 5.69 Å². The average Bonchev–Trinajstić information content (AvgIpc) is 2.53. The van der Waals surface area contributed by atoms with Crippen LogP contribution in [0.1, 0.15) is 31.7 Å². The van der Waals surface area contributed by atoms with E-state index < -0.39 is 0 Å². The van der Waals surface area contributed by atoms with Gasteiger partial charge in [-0.3, -0.25) is 5.43 Å². The van der Waals surface area contributed by atoms with Gasteiger partial charge in [0.1, 0.15) is 5.75 Å². The van der Waals surface area contributed by atoms with Gasteiger partial charge >= 0.3 is 0 Å². The van der Waals surface area contributed by atoms with Crippen LogP contribution in [-0.4, -0.2) is 12.8 Å². The lowest BCUT2D eigenvalue weighted by molar-refractivity contribution is 0.306. The van der Waals surface area contributed by atoms with Crippen molar-refractivity contribution in [3.63, 3.8) is 0 Å². The molecule has 2 aromatic rings. The Labute approximate surface area is 137 Å². The highest BCUT2D eigenvalue weighted by atomic mass is 35.5. The Kier molecular flexibility index (Phi) is 6.78. The largest absolute Gasteiger partial charge is 0.493 e. The first-order chi connectivity index (χ1) is 10.8. The second-order valence-corrected chi connectivity index (χ2v) is 5.41. The summed E-state index contributed by atoms with van der Waals surface area (Å²) in [5.74, 6) is 0.857. The van der Waals surface area contributed by atoms with E-state index in [9.17, 15) is 0 Å². The van der Waals surface area contributed by atoms with Gasteiger partial charge < -0.3 is 4.74 Å². The van der Waals surface area contributed by atoms with Crippen LogP contribution in [0.2, 0.25) is 5.02 Å². The third kappa shape index (κ3) is 5.41. The van der Waals surface area contributed by atoms with Gasteiger partial charge in [0.2, 0.25) is 0 Å². The molecule has 0 aromatic heterocycles. The zero-order chi connectivity index (χ0) is 15.6. The summed E-state index contributed by atoms with van der Waals surface area (Å²) in [4.78, 5) is 0. The molecular weight excluding hydrogens is 296 g/mol. The van der Waals surface area contributed by atoms with Crippen LogP contribution in [-0.2, 0) is 0 Å². The molecule has 22 heavy (non-hydrogen) atoms. The highest BCUT2D eigenvalue weighted by molar-refractivity contribution is 6.30. The lowest BCUT2D eigenvalue weighted by Crippen LogP contribution is -2.00. The molecule has 3 nitrogen and oxygen atoms in total. The third-order valence-electron chi connectivity index (χ3n) is 3.15. The predicted octanol–water partition coefficient (Wildman–Crippen LogP) is 5.36. The Bertz CT molecular complexity index is 614. The van der Waals surface area contributed by atoms with Crippen LogP contribution in [0.15, 0.2) is 53.6 Å². The SMILES string of the molecule is CCCCCOc1ccccc1C=NNc1cccc(Cl)c1. The zero-order valence-electron chi connectivity index (χ0n) is 12.8. The Balaban J connectivity index is 1.95. The fourth-order valence-electron chi connectivity index (χ4n) is 1.99. The van der Waals surface area contributed by atoms with Crippen LogP contribution in [0.5, 0.6) is 5.75 Å². The number of para-hydroxylation sites is 1. The highest BCUT2D eigenvalue weighted by Gasteiger charge is 2.00. The molecule has 2 rings (SSSR count). The molecule has 0 saturated heterocycles. The number of hydrogen-bond donors (Lipinski definition) is 1. The standard InChI is InChI=1S/C18H21ClN2O/c1-2-3-6-12-22-18-11-5-4-8-15(18)14-20-21-17-10-7-9-16(19)13-17/h4-5,7-11,13-14,21H,2-3,6,12H2,1H3. The monoisotopic (exact) mass is 316 g/mol. The number of benzene rings is 2. The number of unbranched alkanes of at least 4 members (excludes halogenated alkanes) is 2. The van der Waals surface area contributed by atoms with Crippen LogP contribution in [0, 0.1) is 0 Å². The summed E-state index contributed by atoms with van der Waals surface area (Å²) in [5.41, 5.74) is 4.77. The van der Waals surface area contributed by atoms with Gasteiger partial charge in [-0.05, 0) is 36.8 Å². The van der Waals surface area contributed by atoms with Crippen molar-refractivity contribution < 1.29 is 4.74 Å². The number of hydrogen-bond acceptors (Lipinski definition) is 3. The fourth-order valence-corrected chi connectivity index (χ4v) is 2.18. The van der Waals surface area contributed by atoms with Crippen molar-refractivity contribution in [2.45, 2.75) is 26.2 Å². The Morgan fingerprint density at radius 1 is 1.14 bits per heavy atom. The van der Waals surface area contributed by atoms with E-state index in [0.29, 0.717) is 5.02 Å². The minimum absolute atomic E-state index is 0.680. The van der Waals surface area contributed by atoms with E-state index in [1.165, 1.54) is 12.8 Å². The molecule has 0 spiro atoms. The van der Waals surface area contributed by atoms with E-state index in [-0.39, 0.29) is 0 Å². The van der Waals surface area contributed by atoms with E-state index in [4.69, 9.17) is 16.3 Å². The first-order valence-electron chi connectivity index (χ1n) is 7.56. The smallest absolute Gasteiger partial charge is 0.128 e. The maximum absolute atomic E-state index is 5.94. The van der Waals surface area contributed by atoms with Crippen molar-refractivity contribution in [2.75, 3.05) is 12.0 Å². The number of rotatable bonds is 8. The molecule has 0 atom stereocenters. The molecule has 0 bridgehead atoms. The molecule has 0 aliphatic rings. The number of hydrazone groups is 1. The van der Waals surface area contributed by atoms with Gasteiger partial charge in [-0.15, -0.1) is 0 Å². The van der Waals surface area contributed by atoms with E-state index in [2.05, 4.69) is 17.5 Å². The van der Waals surface area contributed by atoms with Gasteiger partial charge in [0.05, 0.1) is 18.5 Å². The molecule has 0 amide bonds. The minimum Gasteiger partial charge on any atom is -0.493 e. The van der Waals surface area contributed by atoms with Crippen LogP contribution in [0.3, 0.4) is 0 Å². The van der Waals surface area contributed by atoms with Gasteiger partial charge in [-0.1, -0.05) is 49.6 Å². The quantitative estimate of drug-likeness (QED) is 0.404. The van der Waals surface area contributed by atoms with Crippen molar-refractivity contribution in [2.24, 2.45) is 5.10 Å². The molecule has 116 valence electrons. The Hall–Kier alpha value is -2.00. The van der Waals surface area contributed by atoms with Gasteiger partial charge in [0.25, 0.3) is 0 Å². The molecule has 0 radical (unpaired) electrons. The summed E-state index contributed by atoms with van der Waals surface area (Å²) in [7, 11) is 0. The van der Waals surface area contributed by atoms with E-state index in [1.807, 2.05) is 48.5 Å². The predicted molar refractivity (Wildman–Crippen MR) is 94.1 cm³/mol. The molecule has 0 aliphatic carbocycles. The van der Waals surface area contributed by atoms with E-state index in [1.54, 1.807) is 6.21 Å². The van der Waals surface area contributed by atoms with Crippen molar-refractivity contribution in [3.05, 3.63) is 59.1 Å². The normalized spacial score (nSPS) is 10.8. The topological polar surface area (TPSA) is 33.6 Å². The maximum Gasteiger partial charge on any atom is 0.128 e. The van der Waals surface area contributed by atoms with E-state index in [0.717, 1.165) is 30.0 Å². The third-order valence-corrected chi connectivity index (χ3v) is 3.38. The number of nitrogens with zero attached hydrogens (tertiary/aromatic N) is 1. The second kappa shape index (κ2) is 9.11. The molecule has 4 heteroatoms. The first-order valence-corrected chi connectivity index (χ1v) is 7.94. The molecule has 0 fully saturated rings. The molecule has 0 heterocycles. The lowest BCUT2D eigenvalue weighted by Gasteiger charge is -2.08. The molecule has 2 aromatic carbocycles. The van der Waals surface area contributed by atoms with Gasteiger partial charge in [0.15, 0.2) is 0 Å². The van der Waals surface area contributed by atoms with Crippen LogP contribution in [0.25, 0.3) is 0 Å². The van der Waals surface area contributed by atoms with Crippen molar-refractivity contribution in [1.29, 1.82) is 0 Å². The minimum atomic E-state index is 0.680. The molecule has 0 saturated carbocycles. The number of ether oxygens (including phenoxy) is 1. The molecule has 0 unspecified atom stereocenters. The van der Waals surface area contributed by atoms with Gasteiger partial charge in [0, 0.05) is 10.6 Å². The van der Waals surface area contributed by atoms with E-state index >= 15 is 0 Å². The summed E-state index contributed by atoms with van der Waals surface area (Å²) in [6, 6.07) is 15.3. The number of halogens is 1. The lowest BCUT2D eigenvalue weighted by atomic mass is 10.2. The van der Waals surface area contributed by atoms with Crippen molar-refractivity contribution in [3.8, 4) is 5.75 Å². The Morgan fingerprint density at radius 3 is 2.82 bits per heavy atom. The van der Waals surface area contributed by atoms with Crippen molar-refractivity contribution >= 4 is 23.5 Å². The maximum atomic E-state index is 5.94. The molecular formula is C18H21ClN2O. The summed E-state index contributed by atoms with van der Waals surface area (Å²) in [5, 5.41) is 4.92. The molecule has 0 aliphatic heterocycles. The Morgan fingerprint density at radius 2 is 2.00 bits per heavy atom. The summed E-state index contributed by atoms with van der Waals surface area (Å²) in [6.07, 6.45) is 5.21. The number of anilines is 1. The van der Waals surface area contributed by atoms with Gasteiger partial charge in [-0.25, -0.2) is 0 Å². The van der Waals surface area contributed by atoms with Crippen LogP contribution < -0.4 is 10.2 Å². The van der Waals surface area contributed by atoms with Gasteiger partial charge in [-0.2, -0.15) is 5.10 Å². The highest BCUT2D eigenvalue weighted by Crippen LogP contribution is 2.17. The molecule has 1 N–H and O–H groups in total. The fraction of sp³-hybridized carbons (Fsp3) is 0.278. The summed E-state index contributed by atoms with van der Waals surface area (Å²) in [6.45, 7) is 2.92. The zero-order valence-corrected chi connectivity index (χ0v) is 13.5. The summed E-state index contributed by atoms with van der Waals surface area (Å²) < 4.78 is 5.82. The first kappa shape index (κ1) is 16.4. The number of nitrogens with one attached hydrogen (secondary N) is 1. The second-order valence-electron chi connectivity index (χ2n) is 4.97.